The van der Waals surface area contributed by atoms with Gasteiger partial charge in [0.1, 0.15) is 11.9 Å². The Bertz CT molecular complexity index is 612. The first-order valence-corrected chi connectivity index (χ1v) is 6.18. The Labute approximate surface area is 112 Å². The van der Waals surface area contributed by atoms with Gasteiger partial charge in [-0.2, -0.15) is 5.26 Å². The number of nitrogens with zero attached hydrogens (tertiary/aromatic N) is 2. The zero-order valence-electron chi connectivity index (χ0n) is 11.0. The number of nitriles is 1. The predicted molar refractivity (Wildman–Crippen MR) is 75.0 cm³/mol. The van der Waals surface area contributed by atoms with Crippen LogP contribution in [0, 0.1) is 17.1 Å². The molecule has 0 heterocycles. The van der Waals surface area contributed by atoms with Crippen molar-refractivity contribution in [1.29, 1.82) is 5.26 Å². The van der Waals surface area contributed by atoms with Crippen molar-refractivity contribution in [3.63, 3.8) is 0 Å². The molecule has 0 aliphatic rings. The van der Waals surface area contributed by atoms with Crippen LogP contribution in [0.3, 0.4) is 0 Å². The average molecular weight is 254 g/mol. The number of hydrogen-bond donors (Lipinski definition) is 0. The molecular formula is C16H15FN2. The SMILES string of the molecule is CCc1ccc(N(C)c2ccc(F)cc2C#N)cc1. The predicted octanol–water partition coefficient (Wildman–Crippen LogP) is 4.03. The first-order chi connectivity index (χ1) is 9.15. The number of aryl methyl sites for hydroxylation is 1. The first kappa shape index (κ1) is 13.1. The van der Waals surface area contributed by atoms with E-state index in [2.05, 4.69) is 19.1 Å². The van der Waals surface area contributed by atoms with Crippen molar-refractivity contribution in [2.24, 2.45) is 0 Å². The normalized spacial score (nSPS) is 10.0. The van der Waals surface area contributed by atoms with E-state index < -0.39 is 5.82 Å². The summed E-state index contributed by atoms with van der Waals surface area (Å²) in [7, 11) is 1.87. The smallest absolute Gasteiger partial charge is 0.124 e. The molecule has 96 valence electrons. The molecule has 0 saturated carbocycles. The highest BCUT2D eigenvalue weighted by Gasteiger charge is 2.10. The molecule has 0 unspecified atom stereocenters. The van der Waals surface area contributed by atoms with E-state index in [1.807, 2.05) is 30.1 Å². The molecule has 0 aliphatic heterocycles. The molecule has 3 heteroatoms. The molecule has 19 heavy (non-hydrogen) atoms. The lowest BCUT2D eigenvalue weighted by molar-refractivity contribution is 0.627. The molecule has 2 nitrogen and oxygen atoms in total. The lowest BCUT2D eigenvalue weighted by Gasteiger charge is -2.21. The minimum absolute atomic E-state index is 0.335. The van der Waals surface area contributed by atoms with E-state index in [9.17, 15) is 4.39 Å². The van der Waals surface area contributed by atoms with Crippen LogP contribution in [0.2, 0.25) is 0 Å². The van der Waals surface area contributed by atoms with Crippen LogP contribution in [0.5, 0.6) is 0 Å². The number of rotatable bonds is 3. The van der Waals surface area contributed by atoms with Gasteiger partial charge in [0.05, 0.1) is 11.3 Å². The summed E-state index contributed by atoms with van der Waals surface area (Å²) in [5.74, 6) is -0.393. The van der Waals surface area contributed by atoms with E-state index in [-0.39, 0.29) is 0 Å². The van der Waals surface area contributed by atoms with Gasteiger partial charge in [0.25, 0.3) is 0 Å². The summed E-state index contributed by atoms with van der Waals surface area (Å²) >= 11 is 0. The van der Waals surface area contributed by atoms with Crippen molar-refractivity contribution < 1.29 is 4.39 Å². The maximum absolute atomic E-state index is 13.1. The summed E-state index contributed by atoms with van der Waals surface area (Å²) in [5.41, 5.74) is 3.27. The zero-order valence-corrected chi connectivity index (χ0v) is 11.0. The van der Waals surface area contributed by atoms with Crippen LogP contribution in [0.1, 0.15) is 18.1 Å². The monoisotopic (exact) mass is 254 g/mol. The van der Waals surface area contributed by atoms with Gasteiger partial charge in [-0.25, -0.2) is 4.39 Å². The number of anilines is 2. The fourth-order valence-corrected chi connectivity index (χ4v) is 1.98. The summed E-state index contributed by atoms with van der Waals surface area (Å²) in [4.78, 5) is 1.89. The van der Waals surface area contributed by atoms with E-state index in [1.165, 1.54) is 17.7 Å². The van der Waals surface area contributed by atoms with Gasteiger partial charge in [0, 0.05) is 12.7 Å². The largest absolute Gasteiger partial charge is 0.344 e. The molecule has 2 rings (SSSR count). The third kappa shape index (κ3) is 2.74. The van der Waals surface area contributed by atoms with Crippen LogP contribution in [-0.4, -0.2) is 7.05 Å². The quantitative estimate of drug-likeness (QED) is 0.827. The van der Waals surface area contributed by atoms with Gasteiger partial charge in [-0.05, 0) is 42.3 Å². The van der Waals surface area contributed by atoms with Crippen molar-refractivity contribution in [3.8, 4) is 6.07 Å². The standard InChI is InChI=1S/C16H15FN2/c1-3-12-4-7-15(8-5-12)19(2)16-9-6-14(17)10-13(16)11-18/h4-10H,3H2,1-2H3. The second kappa shape index (κ2) is 5.53. The van der Waals surface area contributed by atoms with Crippen molar-refractivity contribution in [2.75, 3.05) is 11.9 Å². The molecule has 0 bridgehead atoms. The lowest BCUT2D eigenvalue weighted by Crippen LogP contribution is -2.11. The highest BCUT2D eigenvalue weighted by Crippen LogP contribution is 2.27. The van der Waals surface area contributed by atoms with Gasteiger partial charge >= 0.3 is 0 Å². The Balaban J connectivity index is 2.38. The summed E-state index contributed by atoms with van der Waals surface area (Å²) in [5, 5.41) is 9.08. The van der Waals surface area contributed by atoms with Crippen molar-refractivity contribution in [1.82, 2.24) is 0 Å². The molecule has 0 saturated heterocycles. The van der Waals surface area contributed by atoms with E-state index in [4.69, 9.17) is 5.26 Å². The molecular weight excluding hydrogens is 239 g/mol. The van der Waals surface area contributed by atoms with Gasteiger partial charge in [0.15, 0.2) is 0 Å². The second-order valence-corrected chi connectivity index (χ2v) is 4.35. The van der Waals surface area contributed by atoms with E-state index in [0.29, 0.717) is 11.3 Å². The van der Waals surface area contributed by atoms with Gasteiger partial charge in [0.2, 0.25) is 0 Å². The van der Waals surface area contributed by atoms with Gasteiger partial charge in [-0.3, -0.25) is 0 Å². The van der Waals surface area contributed by atoms with Crippen LogP contribution in [0.4, 0.5) is 15.8 Å². The Morgan fingerprint density at radius 2 is 1.84 bits per heavy atom. The van der Waals surface area contributed by atoms with E-state index in [0.717, 1.165) is 12.1 Å². The Morgan fingerprint density at radius 1 is 1.16 bits per heavy atom. The highest BCUT2D eigenvalue weighted by molar-refractivity contribution is 5.68. The molecule has 2 aromatic carbocycles. The van der Waals surface area contributed by atoms with Gasteiger partial charge in [-0.15, -0.1) is 0 Å². The third-order valence-electron chi connectivity index (χ3n) is 3.17. The molecule has 0 spiro atoms. The third-order valence-corrected chi connectivity index (χ3v) is 3.17. The van der Waals surface area contributed by atoms with Crippen molar-refractivity contribution in [2.45, 2.75) is 13.3 Å². The molecule has 0 fully saturated rings. The number of halogens is 1. The molecule has 0 radical (unpaired) electrons. The van der Waals surface area contributed by atoms with Crippen LogP contribution in [-0.2, 0) is 6.42 Å². The maximum atomic E-state index is 13.1. The number of benzene rings is 2. The summed E-state index contributed by atoms with van der Waals surface area (Å²) in [6, 6.07) is 14.4. The molecule has 0 aromatic heterocycles. The van der Waals surface area contributed by atoms with Crippen LogP contribution < -0.4 is 4.90 Å². The second-order valence-electron chi connectivity index (χ2n) is 4.35. The molecule has 0 aliphatic carbocycles. The zero-order chi connectivity index (χ0) is 13.8. The Hall–Kier alpha value is -2.34. The fraction of sp³-hybridized carbons (Fsp3) is 0.188. The topological polar surface area (TPSA) is 27.0 Å². The van der Waals surface area contributed by atoms with E-state index >= 15 is 0 Å². The summed E-state index contributed by atoms with van der Waals surface area (Å²) < 4.78 is 13.1. The highest BCUT2D eigenvalue weighted by atomic mass is 19.1. The maximum Gasteiger partial charge on any atom is 0.124 e. The Kier molecular flexibility index (Phi) is 3.82. The summed E-state index contributed by atoms with van der Waals surface area (Å²) in [6.45, 7) is 2.10. The van der Waals surface area contributed by atoms with Crippen molar-refractivity contribution >= 4 is 11.4 Å². The summed E-state index contributed by atoms with van der Waals surface area (Å²) in [6.07, 6.45) is 0.990. The van der Waals surface area contributed by atoms with Crippen molar-refractivity contribution in [3.05, 3.63) is 59.4 Å². The van der Waals surface area contributed by atoms with E-state index in [1.54, 1.807) is 6.07 Å². The van der Waals surface area contributed by atoms with Crippen LogP contribution >= 0.6 is 0 Å². The Morgan fingerprint density at radius 3 is 2.42 bits per heavy atom. The molecule has 0 amide bonds. The molecule has 0 N–H and O–H groups in total. The molecule has 2 aromatic rings. The number of hydrogen-bond acceptors (Lipinski definition) is 2. The first-order valence-electron chi connectivity index (χ1n) is 6.18. The lowest BCUT2D eigenvalue weighted by atomic mass is 10.1. The molecule has 0 atom stereocenters. The minimum atomic E-state index is -0.393. The van der Waals surface area contributed by atoms with Gasteiger partial charge in [-0.1, -0.05) is 19.1 Å². The van der Waals surface area contributed by atoms with Gasteiger partial charge < -0.3 is 4.90 Å². The fourth-order valence-electron chi connectivity index (χ4n) is 1.98. The van der Waals surface area contributed by atoms with Crippen LogP contribution in [0.25, 0.3) is 0 Å². The average Bonchev–Trinajstić information content (AvgIpc) is 2.46. The minimum Gasteiger partial charge on any atom is -0.344 e. The van der Waals surface area contributed by atoms with Crippen LogP contribution in [0.15, 0.2) is 42.5 Å².